The van der Waals surface area contributed by atoms with E-state index in [1.54, 1.807) is 13.0 Å². The molecular weight excluding hydrogens is 574 g/mol. The van der Waals surface area contributed by atoms with Gasteiger partial charge in [0.1, 0.15) is 29.7 Å². The minimum Gasteiger partial charge on any atom is -0.459 e. The topological polar surface area (TPSA) is 124 Å². The summed E-state index contributed by atoms with van der Waals surface area (Å²) in [4.78, 5) is 36.1. The normalized spacial score (nSPS) is 32.6. The molecule has 0 saturated carbocycles. The molecule has 0 aromatic heterocycles. The number of carbonyl (C=O) groups excluding carboxylic acids is 3. The summed E-state index contributed by atoms with van der Waals surface area (Å²) in [5, 5.41) is 14.0. The van der Waals surface area contributed by atoms with Crippen LogP contribution in [0.2, 0.25) is 0 Å². The van der Waals surface area contributed by atoms with E-state index in [-0.39, 0.29) is 42.0 Å². The summed E-state index contributed by atoms with van der Waals surface area (Å²) in [6, 6.07) is -0.116. The van der Waals surface area contributed by atoms with Crippen LogP contribution in [0.4, 0.5) is 0 Å². The molecule has 3 saturated heterocycles. The molecule has 9 nitrogen and oxygen atoms in total. The molecule has 3 rings (SSSR count). The maximum absolute atomic E-state index is 12.7. The predicted molar refractivity (Wildman–Crippen MR) is 174 cm³/mol. The summed E-state index contributed by atoms with van der Waals surface area (Å²) >= 11 is 0. The van der Waals surface area contributed by atoms with Crippen LogP contribution < -0.4 is 5.32 Å². The number of rotatable bonds is 17. The number of Topliss-reactive ketones (excluding diaryl/α,β-unsaturated/α-hetero) is 1. The van der Waals surface area contributed by atoms with Gasteiger partial charge in [-0.25, -0.2) is 0 Å². The fraction of sp³-hybridized carbons (Fsp3) is 0.750. The van der Waals surface area contributed by atoms with Crippen molar-refractivity contribution in [1.82, 2.24) is 5.32 Å². The van der Waals surface area contributed by atoms with E-state index in [4.69, 9.17) is 18.9 Å². The van der Waals surface area contributed by atoms with Crippen molar-refractivity contribution in [1.29, 1.82) is 0 Å². The maximum Gasteiger partial charge on any atom is 0.303 e. The van der Waals surface area contributed by atoms with Gasteiger partial charge in [0.05, 0.1) is 31.0 Å². The lowest BCUT2D eigenvalue weighted by molar-refractivity contribution is -0.144. The molecule has 0 aromatic carbocycles. The van der Waals surface area contributed by atoms with Crippen molar-refractivity contribution in [3.05, 3.63) is 36.0 Å². The third-order valence-electron chi connectivity index (χ3n) is 9.19. The first kappa shape index (κ1) is 37.1. The highest BCUT2D eigenvalue weighted by Gasteiger charge is 2.58. The molecule has 3 aliphatic heterocycles. The van der Waals surface area contributed by atoms with Crippen LogP contribution in [-0.4, -0.2) is 77.6 Å². The summed E-state index contributed by atoms with van der Waals surface area (Å²) in [6.07, 6.45) is 16.7. The van der Waals surface area contributed by atoms with Crippen LogP contribution in [0.25, 0.3) is 0 Å². The molecule has 3 heterocycles. The number of hydrogen-bond acceptors (Lipinski definition) is 8. The molecule has 3 aliphatic rings. The van der Waals surface area contributed by atoms with Crippen molar-refractivity contribution < 1.29 is 38.4 Å². The Balaban J connectivity index is 1.46. The number of esters is 1. The Hall–Kier alpha value is -2.33. The van der Waals surface area contributed by atoms with E-state index in [9.17, 15) is 19.5 Å². The lowest BCUT2D eigenvalue weighted by atomic mass is 9.86. The molecule has 0 bridgehead atoms. The molecular formula is C36H57NO8. The van der Waals surface area contributed by atoms with E-state index in [0.717, 1.165) is 31.3 Å². The summed E-state index contributed by atoms with van der Waals surface area (Å²) in [6.45, 7) is 11.9. The minimum absolute atomic E-state index is 0.0118. The third-order valence-corrected chi connectivity index (χ3v) is 9.19. The van der Waals surface area contributed by atoms with E-state index in [0.29, 0.717) is 25.9 Å². The van der Waals surface area contributed by atoms with Gasteiger partial charge in [-0.3, -0.25) is 14.4 Å². The molecule has 1 spiro atoms. The number of ketones is 1. The Labute approximate surface area is 270 Å². The first-order valence-electron chi connectivity index (χ1n) is 17.1. The second-order valence-electron chi connectivity index (χ2n) is 13.4. The van der Waals surface area contributed by atoms with Gasteiger partial charge < -0.3 is 29.4 Å². The highest BCUT2D eigenvalue weighted by molar-refractivity contribution is 5.87. The average Bonchev–Trinajstić information content (AvgIpc) is 3.75. The lowest BCUT2D eigenvalue weighted by Crippen LogP contribution is -2.50. The standard InChI is InChI=1S/C36H57NO8/c1-7-8-9-10-11-12-13-29(39)21-30-22-36(23-42-36)35(41)33(45-30)18-15-24(2)14-17-32-25(3)20-31(27(5)44-32)37-34(40)19-16-26(4)43-28(6)38/h14-16,18-19,25-27,30-33,35,41H,7-13,17,20-23H2,1-6H3,(H,37,40)/b18-15+,19-16-,24-14+/t25-,26-,27+,30+,31+,32-,33+,35+,36+/m0/s1. The van der Waals surface area contributed by atoms with Crippen LogP contribution in [0.15, 0.2) is 36.0 Å². The number of aliphatic hydroxyl groups is 1. The van der Waals surface area contributed by atoms with Crippen LogP contribution in [-0.2, 0) is 33.3 Å². The fourth-order valence-electron chi connectivity index (χ4n) is 6.35. The minimum atomic E-state index is -0.763. The molecule has 0 unspecified atom stereocenters. The lowest BCUT2D eigenvalue weighted by Gasteiger charge is -2.39. The molecule has 45 heavy (non-hydrogen) atoms. The number of amides is 1. The summed E-state index contributed by atoms with van der Waals surface area (Å²) < 4.78 is 23.2. The van der Waals surface area contributed by atoms with Gasteiger partial charge in [-0.15, -0.1) is 0 Å². The van der Waals surface area contributed by atoms with Crippen LogP contribution in [0.1, 0.15) is 112 Å². The van der Waals surface area contributed by atoms with Crippen molar-refractivity contribution >= 4 is 17.7 Å². The van der Waals surface area contributed by atoms with Gasteiger partial charge in [-0.05, 0) is 52.0 Å². The summed E-state index contributed by atoms with van der Waals surface area (Å²) in [7, 11) is 0. The van der Waals surface area contributed by atoms with E-state index in [2.05, 4.69) is 25.2 Å². The fourth-order valence-corrected chi connectivity index (χ4v) is 6.35. The number of aliphatic hydroxyl groups excluding tert-OH is 1. The Kier molecular flexibility index (Phi) is 15.0. The quantitative estimate of drug-likeness (QED) is 0.0691. The van der Waals surface area contributed by atoms with E-state index >= 15 is 0 Å². The first-order chi connectivity index (χ1) is 21.4. The third kappa shape index (κ3) is 12.4. The zero-order valence-corrected chi connectivity index (χ0v) is 28.3. The highest BCUT2D eigenvalue weighted by Crippen LogP contribution is 2.43. The van der Waals surface area contributed by atoms with Gasteiger partial charge in [-0.1, -0.05) is 69.8 Å². The van der Waals surface area contributed by atoms with Crippen molar-refractivity contribution in [2.45, 2.75) is 160 Å². The molecule has 254 valence electrons. The molecule has 9 heteroatoms. The second-order valence-corrected chi connectivity index (χ2v) is 13.4. The Morgan fingerprint density at radius 2 is 1.78 bits per heavy atom. The van der Waals surface area contributed by atoms with Gasteiger partial charge in [-0.2, -0.15) is 0 Å². The zero-order chi connectivity index (χ0) is 33.0. The van der Waals surface area contributed by atoms with Crippen LogP contribution >= 0.6 is 0 Å². The molecule has 1 amide bonds. The van der Waals surface area contributed by atoms with Crippen LogP contribution in [0.3, 0.4) is 0 Å². The largest absolute Gasteiger partial charge is 0.459 e. The number of nitrogens with one attached hydrogen (secondary N) is 1. The molecule has 0 aromatic rings. The van der Waals surface area contributed by atoms with Gasteiger partial charge in [0.15, 0.2) is 0 Å². The van der Waals surface area contributed by atoms with E-state index in [1.807, 2.05) is 26.0 Å². The Morgan fingerprint density at radius 1 is 1.07 bits per heavy atom. The number of carbonyl (C=O) groups is 3. The van der Waals surface area contributed by atoms with Gasteiger partial charge in [0, 0.05) is 32.3 Å². The first-order valence-corrected chi connectivity index (χ1v) is 17.1. The second kappa shape index (κ2) is 18.1. The van der Waals surface area contributed by atoms with Gasteiger partial charge in [0.25, 0.3) is 0 Å². The number of ether oxygens (including phenoxy) is 4. The smallest absolute Gasteiger partial charge is 0.303 e. The zero-order valence-electron chi connectivity index (χ0n) is 28.3. The predicted octanol–water partition coefficient (Wildman–Crippen LogP) is 5.68. The van der Waals surface area contributed by atoms with E-state index < -0.39 is 29.9 Å². The summed E-state index contributed by atoms with van der Waals surface area (Å²) in [5.74, 6) is -0.174. The van der Waals surface area contributed by atoms with Gasteiger partial charge >= 0.3 is 5.97 Å². The number of hydrogen-bond donors (Lipinski definition) is 2. The molecule has 0 radical (unpaired) electrons. The van der Waals surface area contributed by atoms with E-state index in [1.165, 1.54) is 38.7 Å². The number of epoxide rings is 1. The van der Waals surface area contributed by atoms with Crippen LogP contribution in [0, 0.1) is 5.92 Å². The maximum atomic E-state index is 12.7. The van der Waals surface area contributed by atoms with Crippen molar-refractivity contribution in [2.75, 3.05) is 6.61 Å². The highest BCUT2D eigenvalue weighted by atomic mass is 16.6. The van der Waals surface area contributed by atoms with Gasteiger partial charge in [0.2, 0.25) is 5.91 Å². The van der Waals surface area contributed by atoms with Crippen molar-refractivity contribution in [3.8, 4) is 0 Å². The average molecular weight is 632 g/mol. The SMILES string of the molecule is CCCCCCCCC(=O)C[C@@H]1C[C@@]2(CO2)[C@H](O)[C@@H](/C=C/C(C)=C/C[C@@H]2O[C@H](C)[C@H](NC(=O)/C=C\[C@H](C)OC(C)=O)C[C@@H]2C)O1. The summed E-state index contributed by atoms with van der Waals surface area (Å²) in [5.41, 5.74) is 0.434. The Bertz CT molecular complexity index is 1060. The van der Waals surface area contributed by atoms with Crippen molar-refractivity contribution in [3.63, 3.8) is 0 Å². The number of allylic oxidation sites excluding steroid dienone is 2. The molecule has 2 N–H and O–H groups in total. The van der Waals surface area contributed by atoms with Crippen LogP contribution in [0.5, 0.6) is 0 Å². The van der Waals surface area contributed by atoms with Crippen molar-refractivity contribution in [2.24, 2.45) is 5.92 Å². The number of unbranched alkanes of at least 4 members (excludes halogenated alkanes) is 5. The monoisotopic (exact) mass is 631 g/mol. The Morgan fingerprint density at radius 3 is 2.47 bits per heavy atom. The molecule has 0 aliphatic carbocycles. The molecule has 9 atom stereocenters. The molecule has 3 fully saturated rings.